The Hall–Kier alpha value is -3.59. The first-order chi connectivity index (χ1) is 13.6. The predicted molar refractivity (Wildman–Crippen MR) is 104 cm³/mol. The molecule has 0 N–H and O–H groups in total. The molecule has 6 heteroatoms. The Labute approximate surface area is 163 Å². The van der Waals surface area contributed by atoms with Gasteiger partial charge in [-0.3, -0.25) is 4.79 Å². The number of hydrogen-bond donors (Lipinski definition) is 0. The first-order valence-corrected chi connectivity index (χ1v) is 8.92. The maximum atomic E-state index is 13.4. The van der Waals surface area contributed by atoms with Crippen LogP contribution in [0.3, 0.4) is 0 Å². The van der Waals surface area contributed by atoms with E-state index >= 15 is 0 Å². The molecule has 1 amide bonds. The lowest BCUT2D eigenvalue weighted by molar-refractivity contribution is 0.0440. The summed E-state index contributed by atoms with van der Waals surface area (Å²) < 4.78 is 11.3. The van der Waals surface area contributed by atoms with Crippen LogP contribution in [0.2, 0.25) is 0 Å². The van der Waals surface area contributed by atoms with Crippen molar-refractivity contribution in [2.24, 2.45) is 5.41 Å². The number of fused-ring (bicyclic) bond motifs is 1. The Kier molecular flexibility index (Phi) is 5.46. The number of para-hydroxylation sites is 2. The number of nitrogens with zero attached hydrogens (tertiary/aromatic N) is 2. The van der Waals surface area contributed by atoms with Gasteiger partial charge in [0.1, 0.15) is 5.75 Å². The van der Waals surface area contributed by atoms with Gasteiger partial charge in [-0.05, 0) is 37.6 Å². The Bertz CT molecular complexity index is 935. The van der Waals surface area contributed by atoms with E-state index in [-0.39, 0.29) is 13.0 Å². The van der Waals surface area contributed by atoms with Gasteiger partial charge in [-0.1, -0.05) is 36.4 Å². The molecule has 2 aromatic rings. The number of carbonyl (C=O) groups is 2. The third-order valence-corrected chi connectivity index (χ3v) is 4.60. The van der Waals surface area contributed by atoms with Crippen LogP contribution >= 0.6 is 0 Å². The summed E-state index contributed by atoms with van der Waals surface area (Å²) in [6.07, 6.45) is -0.405. The Morgan fingerprint density at radius 3 is 2.61 bits per heavy atom. The van der Waals surface area contributed by atoms with Gasteiger partial charge in [-0.25, -0.2) is 9.69 Å². The molecule has 0 fully saturated rings. The number of allylic oxidation sites excluding steroid dienone is 1. The molecule has 1 heterocycles. The lowest BCUT2D eigenvalue weighted by Crippen LogP contribution is -2.59. The Balaban J connectivity index is 2.21. The van der Waals surface area contributed by atoms with Crippen LogP contribution in [0.15, 0.2) is 67.3 Å². The van der Waals surface area contributed by atoms with Crippen LogP contribution in [0.25, 0.3) is 0 Å². The fourth-order valence-corrected chi connectivity index (χ4v) is 3.29. The van der Waals surface area contributed by atoms with Crippen molar-refractivity contribution in [1.82, 2.24) is 0 Å². The molecule has 1 aliphatic heterocycles. The minimum atomic E-state index is -1.65. The lowest BCUT2D eigenvalue weighted by atomic mass is 9.74. The minimum absolute atomic E-state index is 0.0179. The molecule has 142 valence electrons. The van der Waals surface area contributed by atoms with Gasteiger partial charge in [-0.15, -0.1) is 6.58 Å². The number of ketones is 1. The number of anilines is 1. The summed E-state index contributed by atoms with van der Waals surface area (Å²) in [6, 6.07) is 17.5. The van der Waals surface area contributed by atoms with Crippen LogP contribution in [0.5, 0.6) is 5.75 Å². The van der Waals surface area contributed by atoms with Crippen LogP contribution in [0.1, 0.15) is 23.7 Å². The molecule has 0 saturated heterocycles. The van der Waals surface area contributed by atoms with Crippen LogP contribution < -0.4 is 9.64 Å². The maximum absolute atomic E-state index is 13.4. The van der Waals surface area contributed by atoms with Crippen molar-refractivity contribution in [3.8, 4) is 11.8 Å². The number of benzene rings is 2. The first-order valence-electron chi connectivity index (χ1n) is 8.92. The van der Waals surface area contributed by atoms with Crippen molar-refractivity contribution in [3.05, 3.63) is 72.8 Å². The van der Waals surface area contributed by atoms with Crippen molar-refractivity contribution in [2.45, 2.75) is 19.6 Å². The topological polar surface area (TPSA) is 79.6 Å². The molecule has 6 nitrogen and oxygen atoms in total. The summed E-state index contributed by atoms with van der Waals surface area (Å²) in [6.45, 7) is 5.52. The van der Waals surface area contributed by atoms with Crippen molar-refractivity contribution < 1.29 is 19.1 Å². The summed E-state index contributed by atoms with van der Waals surface area (Å²) in [5.41, 5.74) is -0.889. The molecule has 0 radical (unpaired) electrons. The molecule has 28 heavy (non-hydrogen) atoms. The minimum Gasteiger partial charge on any atom is -0.467 e. The zero-order valence-electron chi connectivity index (χ0n) is 15.5. The van der Waals surface area contributed by atoms with Crippen LogP contribution in [-0.2, 0) is 4.74 Å². The highest BCUT2D eigenvalue weighted by molar-refractivity contribution is 6.07. The van der Waals surface area contributed by atoms with Gasteiger partial charge in [0.2, 0.25) is 6.23 Å². The number of ether oxygens (including phenoxy) is 2. The van der Waals surface area contributed by atoms with E-state index in [4.69, 9.17) is 9.47 Å². The second-order valence-corrected chi connectivity index (χ2v) is 6.28. The normalized spacial score (nSPS) is 20.3. The van der Waals surface area contributed by atoms with Gasteiger partial charge in [0, 0.05) is 0 Å². The molecular formula is C22H20N2O4. The van der Waals surface area contributed by atoms with E-state index in [1.807, 2.05) is 0 Å². The fourth-order valence-electron chi connectivity index (χ4n) is 3.29. The smallest absolute Gasteiger partial charge is 0.417 e. The molecule has 0 bridgehead atoms. The highest BCUT2D eigenvalue weighted by Crippen LogP contribution is 2.43. The van der Waals surface area contributed by atoms with Gasteiger partial charge >= 0.3 is 6.09 Å². The van der Waals surface area contributed by atoms with Gasteiger partial charge in [0.25, 0.3) is 0 Å². The summed E-state index contributed by atoms with van der Waals surface area (Å²) in [5.74, 6) is -0.0929. The van der Waals surface area contributed by atoms with E-state index in [9.17, 15) is 14.9 Å². The van der Waals surface area contributed by atoms with Crippen LogP contribution in [0, 0.1) is 16.7 Å². The first kappa shape index (κ1) is 19.2. The van der Waals surface area contributed by atoms with Gasteiger partial charge in [0.15, 0.2) is 11.2 Å². The molecule has 0 saturated carbocycles. The summed E-state index contributed by atoms with van der Waals surface area (Å²) in [5, 5.41) is 10.1. The number of hydrogen-bond acceptors (Lipinski definition) is 5. The SMILES string of the molecule is C=CC[C@]1(C#N)C(=O)c2ccccc2O[C@H]1N(C(=O)OCC)c1ccccc1. The molecule has 0 aliphatic carbocycles. The zero-order valence-corrected chi connectivity index (χ0v) is 15.5. The van der Waals surface area contributed by atoms with E-state index in [0.717, 1.165) is 0 Å². The van der Waals surface area contributed by atoms with Gasteiger partial charge in [0.05, 0.1) is 23.9 Å². The molecule has 0 aromatic heterocycles. The molecule has 2 aromatic carbocycles. The molecular weight excluding hydrogens is 356 g/mol. The molecule has 0 unspecified atom stereocenters. The van der Waals surface area contributed by atoms with E-state index in [0.29, 0.717) is 17.0 Å². The summed E-state index contributed by atoms with van der Waals surface area (Å²) in [4.78, 5) is 27.4. The third-order valence-electron chi connectivity index (χ3n) is 4.60. The monoisotopic (exact) mass is 376 g/mol. The third kappa shape index (κ3) is 3.12. The van der Waals surface area contributed by atoms with Crippen LogP contribution in [0.4, 0.5) is 10.5 Å². The van der Waals surface area contributed by atoms with E-state index in [1.54, 1.807) is 61.5 Å². The fraction of sp³-hybridized carbons (Fsp3) is 0.227. The van der Waals surface area contributed by atoms with Crippen LogP contribution in [-0.4, -0.2) is 24.7 Å². The van der Waals surface area contributed by atoms with Gasteiger partial charge in [-0.2, -0.15) is 5.26 Å². The second-order valence-electron chi connectivity index (χ2n) is 6.28. The van der Waals surface area contributed by atoms with E-state index < -0.39 is 23.5 Å². The molecule has 1 aliphatic rings. The van der Waals surface area contributed by atoms with Gasteiger partial charge < -0.3 is 9.47 Å². The summed E-state index contributed by atoms with van der Waals surface area (Å²) >= 11 is 0. The zero-order chi connectivity index (χ0) is 20.1. The average Bonchev–Trinajstić information content (AvgIpc) is 2.72. The maximum Gasteiger partial charge on any atom is 0.417 e. The van der Waals surface area contributed by atoms with Crippen molar-refractivity contribution in [3.63, 3.8) is 0 Å². The average molecular weight is 376 g/mol. The number of carbonyl (C=O) groups excluding carboxylic acids is 2. The Morgan fingerprint density at radius 1 is 1.29 bits per heavy atom. The van der Waals surface area contributed by atoms with Crippen molar-refractivity contribution in [1.29, 1.82) is 5.26 Å². The van der Waals surface area contributed by atoms with Crippen molar-refractivity contribution in [2.75, 3.05) is 11.5 Å². The second kappa shape index (κ2) is 7.97. The standard InChI is InChI=1S/C22H20N2O4/c1-3-14-22(15-23)19(25)17-12-8-9-13-18(17)28-20(22)24(21(26)27-4-2)16-10-6-5-7-11-16/h3,5-13,20H,1,4,14H2,2H3/t20-,22+/m1/s1. The molecule has 2 atom stereocenters. The number of amides is 1. The summed E-state index contributed by atoms with van der Waals surface area (Å²) in [7, 11) is 0. The highest BCUT2D eigenvalue weighted by atomic mass is 16.6. The highest BCUT2D eigenvalue weighted by Gasteiger charge is 2.55. The largest absolute Gasteiger partial charge is 0.467 e. The number of Topliss-reactive ketones (excluding diaryl/α,β-unsaturated/α-hetero) is 1. The predicted octanol–water partition coefficient (Wildman–Crippen LogP) is 4.34. The Morgan fingerprint density at radius 2 is 1.96 bits per heavy atom. The number of nitriles is 1. The quantitative estimate of drug-likeness (QED) is 0.726. The number of rotatable bonds is 5. The van der Waals surface area contributed by atoms with E-state index in [1.165, 1.54) is 11.0 Å². The molecule has 3 rings (SSSR count). The molecule has 0 spiro atoms. The lowest BCUT2D eigenvalue weighted by Gasteiger charge is -2.42. The van der Waals surface area contributed by atoms with Crippen molar-refractivity contribution >= 4 is 17.6 Å². The van der Waals surface area contributed by atoms with E-state index in [2.05, 4.69) is 12.6 Å².